The van der Waals surface area contributed by atoms with E-state index in [1.54, 1.807) is 23.1 Å². The largest absolute Gasteiger partial charge is 0.748 e. The monoisotopic (exact) mass is 377 g/mol. The third-order valence-corrected chi connectivity index (χ3v) is 6.02. The minimum absolute atomic E-state index is 0.286. The summed E-state index contributed by atoms with van der Waals surface area (Å²) in [6.07, 6.45) is 4.35. The van der Waals surface area contributed by atoms with Crippen LogP contribution < -0.4 is 4.57 Å². The second kappa shape index (κ2) is 7.31. The standard InChI is InChI=1S/C14H16ClNO3S3/c1-10(20-2)8-14-16(6-3-7-22(17,18)19)12-9-11(15)4-5-13(12)21-14/h4-5,8-9H,3,6-7H2,1-2H3. The molecule has 0 radical (unpaired) electrons. The molecule has 0 amide bonds. The lowest BCUT2D eigenvalue weighted by molar-refractivity contribution is -0.668. The van der Waals surface area contributed by atoms with E-state index in [0.717, 1.165) is 20.1 Å². The van der Waals surface area contributed by atoms with Gasteiger partial charge in [0, 0.05) is 29.3 Å². The first kappa shape index (κ1) is 17.7. The molecule has 0 spiro atoms. The number of aromatic nitrogens is 1. The van der Waals surface area contributed by atoms with Crippen molar-refractivity contribution in [3.63, 3.8) is 0 Å². The number of hydrogen-bond donors (Lipinski definition) is 0. The third kappa shape index (κ3) is 4.70. The normalized spacial score (nSPS) is 13.0. The Morgan fingerprint density at radius 2 is 2.23 bits per heavy atom. The Morgan fingerprint density at radius 1 is 1.50 bits per heavy atom. The van der Waals surface area contributed by atoms with E-state index in [2.05, 4.69) is 6.08 Å². The molecule has 0 bridgehead atoms. The zero-order chi connectivity index (χ0) is 16.3. The Balaban J connectivity index is 2.42. The smallest absolute Gasteiger partial charge is 0.263 e. The molecule has 1 heterocycles. The van der Waals surface area contributed by atoms with E-state index < -0.39 is 10.1 Å². The first-order valence-electron chi connectivity index (χ1n) is 6.58. The fourth-order valence-corrected chi connectivity index (χ4v) is 4.17. The number of thiazole rings is 1. The van der Waals surface area contributed by atoms with Gasteiger partial charge in [-0.1, -0.05) is 22.9 Å². The summed E-state index contributed by atoms with van der Waals surface area (Å²) in [5, 5.41) is 1.65. The van der Waals surface area contributed by atoms with Gasteiger partial charge >= 0.3 is 0 Å². The van der Waals surface area contributed by atoms with Crippen LogP contribution in [0.4, 0.5) is 0 Å². The summed E-state index contributed by atoms with van der Waals surface area (Å²) in [4.78, 5) is 1.16. The van der Waals surface area contributed by atoms with E-state index >= 15 is 0 Å². The zero-order valence-electron chi connectivity index (χ0n) is 12.2. The van der Waals surface area contributed by atoms with Crippen LogP contribution in [0.2, 0.25) is 5.02 Å². The molecular formula is C14H16ClNO3S3. The van der Waals surface area contributed by atoms with Crippen molar-refractivity contribution in [1.29, 1.82) is 0 Å². The van der Waals surface area contributed by atoms with E-state index in [1.807, 2.05) is 35.9 Å². The van der Waals surface area contributed by atoms with Gasteiger partial charge in [0.25, 0.3) is 5.01 Å². The molecule has 0 saturated carbocycles. The summed E-state index contributed by atoms with van der Waals surface area (Å²) in [5.41, 5.74) is 0.959. The summed E-state index contributed by atoms with van der Waals surface area (Å²) < 4.78 is 35.5. The Morgan fingerprint density at radius 3 is 2.86 bits per heavy atom. The molecule has 0 saturated heterocycles. The average Bonchev–Trinajstić information content (AvgIpc) is 2.75. The second-order valence-electron chi connectivity index (χ2n) is 4.78. The Kier molecular flexibility index (Phi) is 5.90. The van der Waals surface area contributed by atoms with Gasteiger partial charge in [0.1, 0.15) is 4.70 Å². The van der Waals surface area contributed by atoms with Gasteiger partial charge in [-0.3, -0.25) is 0 Å². The number of fused-ring (bicyclic) bond motifs is 1. The molecule has 0 atom stereocenters. The van der Waals surface area contributed by atoms with Crippen molar-refractivity contribution < 1.29 is 17.5 Å². The molecule has 0 fully saturated rings. The Hall–Kier alpha value is -0.600. The maximum atomic E-state index is 10.8. The van der Waals surface area contributed by atoms with Crippen molar-refractivity contribution in [3.05, 3.63) is 33.1 Å². The molecule has 1 aromatic carbocycles. The van der Waals surface area contributed by atoms with Crippen molar-refractivity contribution in [1.82, 2.24) is 0 Å². The molecule has 8 heteroatoms. The highest BCUT2D eigenvalue weighted by molar-refractivity contribution is 8.02. The predicted octanol–water partition coefficient (Wildman–Crippen LogP) is 3.50. The molecule has 22 heavy (non-hydrogen) atoms. The highest BCUT2D eigenvalue weighted by Crippen LogP contribution is 2.26. The summed E-state index contributed by atoms with van der Waals surface area (Å²) in [7, 11) is -4.18. The zero-order valence-corrected chi connectivity index (χ0v) is 15.4. The molecule has 120 valence electrons. The molecule has 2 rings (SSSR count). The molecule has 2 aromatic rings. The first-order chi connectivity index (χ1) is 10.3. The van der Waals surface area contributed by atoms with Gasteiger partial charge in [0.15, 0.2) is 6.54 Å². The summed E-state index contributed by atoms with van der Waals surface area (Å²) in [6.45, 7) is 2.49. The number of nitrogens with zero attached hydrogens (tertiary/aromatic N) is 1. The van der Waals surface area contributed by atoms with Crippen molar-refractivity contribution >= 4 is 61.1 Å². The molecule has 0 N–H and O–H groups in total. The van der Waals surface area contributed by atoms with Crippen LogP contribution in [0.25, 0.3) is 16.3 Å². The van der Waals surface area contributed by atoms with Gasteiger partial charge in [-0.25, -0.2) is 8.42 Å². The number of hydrogen-bond acceptors (Lipinski definition) is 5. The molecule has 1 aromatic heterocycles. The van der Waals surface area contributed by atoms with Crippen molar-refractivity contribution in [2.24, 2.45) is 0 Å². The van der Waals surface area contributed by atoms with Gasteiger partial charge in [-0.05, 0) is 30.2 Å². The predicted molar refractivity (Wildman–Crippen MR) is 93.4 cm³/mol. The fraction of sp³-hybridized carbons (Fsp3) is 0.357. The van der Waals surface area contributed by atoms with E-state index in [4.69, 9.17) is 11.6 Å². The number of benzene rings is 1. The quantitative estimate of drug-likeness (QED) is 0.571. The van der Waals surface area contributed by atoms with Crippen LogP contribution in [-0.4, -0.2) is 25.0 Å². The second-order valence-corrected chi connectivity index (χ2v) is 8.85. The summed E-state index contributed by atoms with van der Waals surface area (Å²) >= 11 is 9.34. The van der Waals surface area contributed by atoms with Crippen molar-refractivity contribution in [3.8, 4) is 0 Å². The lowest BCUT2D eigenvalue weighted by Crippen LogP contribution is -2.36. The van der Waals surface area contributed by atoms with E-state index in [0.29, 0.717) is 11.6 Å². The third-order valence-electron chi connectivity index (χ3n) is 3.12. The van der Waals surface area contributed by atoms with Gasteiger partial charge in [-0.2, -0.15) is 4.57 Å². The molecule has 0 aliphatic rings. The average molecular weight is 378 g/mol. The molecule has 4 nitrogen and oxygen atoms in total. The van der Waals surface area contributed by atoms with Crippen LogP contribution in [0.3, 0.4) is 0 Å². The van der Waals surface area contributed by atoms with Crippen LogP contribution in [0.5, 0.6) is 0 Å². The molecule has 0 aliphatic carbocycles. The van der Waals surface area contributed by atoms with Crippen LogP contribution >= 0.6 is 34.7 Å². The number of aryl methyl sites for hydroxylation is 1. The van der Waals surface area contributed by atoms with Crippen molar-refractivity contribution in [2.45, 2.75) is 19.9 Å². The fourth-order valence-electron chi connectivity index (χ4n) is 2.04. The minimum Gasteiger partial charge on any atom is -0.748 e. The number of thioether (sulfide) groups is 1. The topological polar surface area (TPSA) is 61.1 Å². The van der Waals surface area contributed by atoms with E-state index in [1.165, 1.54) is 0 Å². The van der Waals surface area contributed by atoms with Crippen LogP contribution in [0.1, 0.15) is 18.4 Å². The molecule has 0 unspecified atom stereocenters. The van der Waals surface area contributed by atoms with Gasteiger partial charge in [0.05, 0.1) is 10.1 Å². The van der Waals surface area contributed by atoms with Gasteiger partial charge < -0.3 is 4.55 Å². The lowest BCUT2D eigenvalue weighted by atomic mass is 10.3. The summed E-state index contributed by atoms with van der Waals surface area (Å²) in [5.74, 6) is -0.359. The maximum absolute atomic E-state index is 10.8. The summed E-state index contributed by atoms with van der Waals surface area (Å²) in [6, 6.07) is 5.65. The van der Waals surface area contributed by atoms with E-state index in [-0.39, 0.29) is 12.2 Å². The van der Waals surface area contributed by atoms with Crippen LogP contribution in [-0.2, 0) is 16.7 Å². The van der Waals surface area contributed by atoms with Gasteiger partial charge in [0.2, 0.25) is 5.52 Å². The SMILES string of the molecule is CSC(C)=Cc1sc2ccc(Cl)cc2[n+]1CCCS(=O)(=O)[O-]. The number of rotatable bonds is 6. The Labute approximate surface area is 143 Å². The highest BCUT2D eigenvalue weighted by Gasteiger charge is 2.19. The highest BCUT2D eigenvalue weighted by atomic mass is 35.5. The van der Waals surface area contributed by atoms with Gasteiger partial charge in [-0.15, -0.1) is 11.8 Å². The van der Waals surface area contributed by atoms with Crippen LogP contribution in [0.15, 0.2) is 23.1 Å². The van der Waals surface area contributed by atoms with E-state index in [9.17, 15) is 13.0 Å². The number of allylic oxidation sites excluding steroid dienone is 1. The molecule has 0 aliphatic heterocycles. The first-order valence-corrected chi connectivity index (χ1v) is 10.6. The van der Waals surface area contributed by atoms with Crippen molar-refractivity contribution in [2.75, 3.05) is 12.0 Å². The van der Waals surface area contributed by atoms with Crippen LogP contribution in [0, 0.1) is 0 Å². The molecular weight excluding hydrogens is 362 g/mol. The lowest BCUT2D eigenvalue weighted by Gasteiger charge is -2.04. The Bertz CT molecular complexity index is 812. The maximum Gasteiger partial charge on any atom is 0.263 e. The minimum atomic E-state index is -4.18. The number of halogens is 1.